The van der Waals surface area contributed by atoms with Gasteiger partial charge in [0.25, 0.3) is 0 Å². The molecule has 2 aromatic rings. The van der Waals surface area contributed by atoms with Crippen LogP contribution < -0.4 is 5.32 Å². The maximum Gasteiger partial charge on any atom is 0.216 e. The van der Waals surface area contributed by atoms with Gasteiger partial charge in [0.15, 0.2) is 9.84 Å². The number of aryl methyl sites for hydroxylation is 1. The lowest BCUT2D eigenvalue weighted by Gasteiger charge is -2.16. The number of nitrogens with one attached hydrogen (secondary N) is 1. The number of rotatable bonds is 5. The average Bonchev–Trinajstić information content (AvgIpc) is 2.92. The fourth-order valence-electron chi connectivity index (χ4n) is 1.97. The molecule has 0 saturated carbocycles. The smallest absolute Gasteiger partial charge is 0.216 e. The van der Waals surface area contributed by atoms with E-state index >= 15 is 0 Å². The number of furan rings is 1. The summed E-state index contributed by atoms with van der Waals surface area (Å²) in [6, 6.07) is 9.83. The SMILES string of the molecule is CC(=O)NCC(c1ccco1)S(=O)(=O)c1ccc(C)cc1. The molecule has 0 aliphatic heterocycles. The fourth-order valence-corrected chi connectivity index (χ4v) is 3.55. The zero-order valence-electron chi connectivity index (χ0n) is 11.9. The Balaban J connectivity index is 2.39. The molecule has 1 aromatic heterocycles. The van der Waals surface area contributed by atoms with Crippen molar-refractivity contribution in [2.45, 2.75) is 24.0 Å². The van der Waals surface area contributed by atoms with Gasteiger partial charge in [-0.25, -0.2) is 8.42 Å². The van der Waals surface area contributed by atoms with Gasteiger partial charge < -0.3 is 9.73 Å². The van der Waals surface area contributed by atoms with E-state index in [4.69, 9.17) is 4.42 Å². The Morgan fingerprint density at radius 1 is 1.24 bits per heavy atom. The monoisotopic (exact) mass is 307 g/mol. The van der Waals surface area contributed by atoms with E-state index in [0.29, 0.717) is 5.76 Å². The number of carbonyl (C=O) groups is 1. The van der Waals surface area contributed by atoms with E-state index in [2.05, 4.69) is 5.32 Å². The van der Waals surface area contributed by atoms with E-state index in [9.17, 15) is 13.2 Å². The van der Waals surface area contributed by atoms with Gasteiger partial charge in [-0.1, -0.05) is 17.7 Å². The van der Waals surface area contributed by atoms with Gasteiger partial charge in [-0.15, -0.1) is 0 Å². The molecule has 1 amide bonds. The number of amides is 1. The van der Waals surface area contributed by atoms with E-state index in [0.717, 1.165) is 5.56 Å². The normalized spacial score (nSPS) is 12.9. The van der Waals surface area contributed by atoms with Crippen LogP contribution in [0.15, 0.2) is 52.0 Å². The molecule has 0 saturated heterocycles. The molecule has 0 fully saturated rings. The average molecular weight is 307 g/mol. The van der Waals surface area contributed by atoms with Crippen LogP contribution in [0.1, 0.15) is 23.5 Å². The van der Waals surface area contributed by atoms with Crippen LogP contribution in [0.4, 0.5) is 0 Å². The van der Waals surface area contributed by atoms with Crippen molar-refractivity contribution in [2.24, 2.45) is 0 Å². The molecule has 112 valence electrons. The van der Waals surface area contributed by atoms with Crippen molar-refractivity contribution in [1.29, 1.82) is 0 Å². The number of hydrogen-bond donors (Lipinski definition) is 1. The van der Waals surface area contributed by atoms with Crippen LogP contribution in [0.3, 0.4) is 0 Å². The Labute approximate surface area is 123 Å². The largest absolute Gasteiger partial charge is 0.468 e. The second-order valence-corrected chi connectivity index (χ2v) is 6.93. The lowest BCUT2D eigenvalue weighted by molar-refractivity contribution is -0.118. The third-order valence-electron chi connectivity index (χ3n) is 3.12. The van der Waals surface area contributed by atoms with Crippen molar-refractivity contribution in [3.63, 3.8) is 0 Å². The maximum atomic E-state index is 12.7. The number of benzene rings is 1. The highest BCUT2D eigenvalue weighted by atomic mass is 32.2. The zero-order valence-corrected chi connectivity index (χ0v) is 12.7. The van der Waals surface area contributed by atoms with Gasteiger partial charge in [-0.2, -0.15) is 0 Å². The molecule has 0 bridgehead atoms. The third-order valence-corrected chi connectivity index (χ3v) is 5.20. The zero-order chi connectivity index (χ0) is 15.5. The summed E-state index contributed by atoms with van der Waals surface area (Å²) in [5.74, 6) is 0.0231. The first-order valence-electron chi connectivity index (χ1n) is 6.49. The molecular formula is C15H17NO4S. The van der Waals surface area contributed by atoms with Crippen LogP contribution in [-0.2, 0) is 14.6 Å². The lowest BCUT2D eigenvalue weighted by atomic mass is 10.2. The van der Waals surface area contributed by atoms with Gasteiger partial charge in [-0.05, 0) is 31.2 Å². The standard InChI is InChI=1S/C15H17NO4S/c1-11-5-7-13(8-6-11)21(18,19)15(10-16-12(2)17)14-4-3-9-20-14/h3-9,15H,10H2,1-2H3,(H,16,17). The van der Waals surface area contributed by atoms with Crippen LogP contribution in [0.5, 0.6) is 0 Å². The van der Waals surface area contributed by atoms with Crippen molar-refractivity contribution in [1.82, 2.24) is 5.32 Å². The molecule has 1 atom stereocenters. The summed E-state index contributed by atoms with van der Waals surface area (Å²) in [5.41, 5.74) is 0.977. The summed E-state index contributed by atoms with van der Waals surface area (Å²) >= 11 is 0. The topological polar surface area (TPSA) is 76.4 Å². The van der Waals surface area contributed by atoms with E-state index in [1.165, 1.54) is 13.2 Å². The maximum absolute atomic E-state index is 12.7. The van der Waals surface area contributed by atoms with Crippen molar-refractivity contribution in [3.8, 4) is 0 Å². The molecule has 6 heteroatoms. The van der Waals surface area contributed by atoms with Crippen molar-refractivity contribution in [3.05, 3.63) is 54.0 Å². The Morgan fingerprint density at radius 2 is 1.90 bits per heavy atom. The molecule has 0 radical (unpaired) electrons. The number of sulfone groups is 1. The molecule has 1 heterocycles. The van der Waals surface area contributed by atoms with Gasteiger partial charge in [0, 0.05) is 13.5 Å². The van der Waals surface area contributed by atoms with Crippen molar-refractivity contribution >= 4 is 15.7 Å². The number of carbonyl (C=O) groups excluding carboxylic acids is 1. The highest BCUT2D eigenvalue weighted by Crippen LogP contribution is 2.29. The van der Waals surface area contributed by atoms with Crippen LogP contribution >= 0.6 is 0 Å². The van der Waals surface area contributed by atoms with Gasteiger partial charge in [0.1, 0.15) is 11.0 Å². The van der Waals surface area contributed by atoms with Gasteiger partial charge in [0.2, 0.25) is 5.91 Å². The fraction of sp³-hybridized carbons (Fsp3) is 0.267. The summed E-state index contributed by atoms with van der Waals surface area (Å²) in [5, 5.41) is 1.60. The van der Waals surface area contributed by atoms with Crippen LogP contribution in [0.2, 0.25) is 0 Å². The minimum absolute atomic E-state index is 0.0287. The molecule has 0 aliphatic carbocycles. The van der Waals surface area contributed by atoms with Crippen LogP contribution in [0, 0.1) is 6.92 Å². The lowest BCUT2D eigenvalue weighted by Crippen LogP contribution is -2.30. The van der Waals surface area contributed by atoms with E-state index in [1.807, 2.05) is 6.92 Å². The second kappa shape index (κ2) is 6.13. The first kappa shape index (κ1) is 15.3. The first-order chi connectivity index (χ1) is 9.91. The molecule has 1 aromatic carbocycles. The molecule has 1 unspecified atom stereocenters. The second-order valence-electron chi connectivity index (χ2n) is 4.80. The van der Waals surface area contributed by atoms with Gasteiger partial charge >= 0.3 is 0 Å². The van der Waals surface area contributed by atoms with Gasteiger partial charge in [0.05, 0.1) is 11.2 Å². The molecule has 0 aliphatic rings. The molecule has 5 nitrogen and oxygen atoms in total. The third kappa shape index (κ3) is 3.52. The Morgan fingerprint density at radius 3 is 2.43 bits per heavy atom. The minimum atomic E-state index is -3.64. The first-order valence-corrected chi connectivity index (χ1v) is 8.04. The number of hydrogen-bond acceptors (Lipinski definition) is 4. The molecule has 1 N–H and O–H groups in total. The van der Waals surface area contributed by atoms with Crippen molar-refractivity contribution in [2.75, 3.05) is 6.54 Å². The van der Waals surface area contributed by atoms with Gasteiger partial charge in [-0.3, -0.25) is 4.79 Å². The Kier molecular flexibility index (Phi) is 4.47. The molecule has 2 rings (SSSR count). The highest BCUT2D eigenvalue weighted by Gasteiger charge is 2.31. The highest BCUT2D eigenvalue weighted by molar-refractivity contribution is 7.91. The van der Waals surface area contributed by atoms with E-state index in [1.54, 1.807) is 36.4 Å². The molecular weight excluding hydrogens is 290 g/mol. The van der Waals surface area contributed by atoms with Crippen molar-refractivity contribution < 1.29 is 17.6 Å². The van der Waals surface area contributed by atoms with Crippen LogP contribution in [-0.4, -0.2) is 20.9 Å². The molecule has 21 heavy (non-hydrogen) atoms. The minimum Gasteiger partial charge on any atom is -0.468 e. The summed E-state index contributed by atoms with van der Waals surface area (Å²) in [6.07, 6.45) is 1.42. The Hall–Kier alpha value is -2.08. The van der Waals surface area contributed by atoms with E-state index in [-0.39, 0.29) is 17.3 Å². The summed E-state index contributed by atoms with van der Waals surface area (Å²) < 4.78 is 30.7. The van der Waals surface area contributed by atoms with Crippen LogP contribution in [0.25, 0.3) is 0 Å². The summed E-state index contributed by atoms with van der Waals surface area (Å²) in [4.78, 5) is 11.3. The predicted molar refractivity (Wildman–Crippen MR) is 78.5 cm³/mol. The quantitative estimate of drug-likeness (QED) is 0.919. The predicted octanol–water partition coefficient (Wildman–Crippen LogP) is 2.24. The van der Waals surface area contributed by atoms with E-state index < -0.39 is 15.1 Å². The Bertz CT molecular complexity index is 703. The summed E-state index contributed by atoms with van der Waals surface area (Å²) in [7, 11) is -3.64. The summed E-state index contributed by atoms with van der Waals surface area (Å²) in [6.45, 7) is 3.20. The molecule has 0 spiro atoms.